The molecule has 18 heavy (non-hydrogen) atoms. The molecule has 1 aromatic carbocycles. The molecule has 1 aromatic rings. The summed E-state index contributed by atoms with van der Waals surface area (Å²) in [6, 6.07) is 5.29. The van der Waals surface area contributed by atoms with Gasteiger partial charge in [0.25, 0.3) is 5.91 Å². The van der Waals surface area contributed by atoms with E-state index in [0.717, 1.165) is 0 Å². The average Bonchev–Trinajstić information content (AvgIpc) is 2.28. The van der Waals surface area contributed by atoms with Gasteiger partial charge in [-0.2, -0.15) is 0 Å². The lowest BCUT2D eigenvalue weighted by molar-refractivity contribution is -0.135. The molecule has 0 aliphatic heterocycles. The van der Waals surface area contributed by atoms with Crippen LogP contribution in [-0.2, 0) is 9.59 Å². The zero-order valence-corrected chi connectivity index (χ0v) is 10.2. The Morgan fingerprint density at radius 3 is 2.39 bits per heavy atom. The van der Waals surface area contributed by atoms with Crippen LogP contribution < -0.4 is 15.8 Å². The van der Waals surface area contributed by atoms with Crippen LogP contribution in [0.1, 0.15) is 13.8 Å². The van der Waals surface area contributed by atoms with Crippen LogP contribution in [-0.4, -0.2) is 24.0 Å². The van der Waals surface area contributed by atoms with Gasteiger partial charge < -0.3 is 15.8 Å². The van der Waals surface area contributed by atoms with Gasteiger partial charge in [0.1, 0.15) is 11.6 Å². The van der Waals surface area contributed by atoms with Crippen molar-refractivity contribution in [3.63, 3.8) is 0 Å². The van der Waals surface area contributed by atoms with Crippen molar-refractivity contribution < 1.29 is 18.7 Å². The number of hydrogen-bond acceptors (Lipinski definition) is 3. The van der Waals surface area contributed by atoms with E-state index in [-0.39, 0.29) is 6.54 Å². The fourth-order valence-corrected chi connectivity index (χ4v) is 1.22. The Labute approximate surface area is 104 Å². The number of amides is 2. The van der Waals surface area contributed by atoms with Gasteiger partial charge in [-0.3, -0.25) is 9.59 Å². The molecule has 2 amide bonds. The molecule has 5 nitrogen and oxygen atoms in total. The Morgan fingerprint density at radius 1 is 1.33 bits per heavy atom. The topological polar surface area (TPSA) is 81.4 Å². The summed E-state index contributed by atoms with van der Waals surface area (Å²) in [5.41, 5.74) is 3.73. The zero-order chi connectivity index (χ0) is 13.8. The van der Waals surface area contributed by atoms with E-state index < -0.39 is 23.2 Å². The van der Waals surface area contributed by atoms with Crippen molar-refractivity contribution in [2.24, 2.45) is 5.73 Å². The van der Waals surface area contributed by atoms with E-state index in [1.807, 2.05) is 0 Å². The molecule has 0 fully saturated rings. The lowest BCUT2D eigenvalue weighted by atomic mass is 10.1. The Kier molecular flexibility index (Phi) is 4.25. The number of hydrogen-bond donors (Lipinski definition) is 2. The molecule has 0 aliphatic rings. The minimum atomic E-state index is -1.19. The number of nitrogens with two attached hydrogens (primary N) is 1. The fourth-order valence-electron chi connectivity index (χ4n) is 1.22. The number of benzene rings is 1. The summed E-state index contributed by atoms with van der Waals surface area (Å²) in [6.45, 7) is 2.81. The maximum absolute atomic E-state index is 12.7. The number of ether oxygens (including phenoxy) is 1. The summed E-state index contributed by atoms with van der Waals surface area (Å²) < 4.78 is 18.1. The summed E-state index contributed by atoms with van der Waals surface area (Å²) in [6.07, 6.45) is 0. The second-order valence-electron chi connectivity index (χ2n) is 4.22. The molecule has 0 aromatic heterocycles. The monoisotopic (exact) mass is 254 g/mol. The first-order chi connectivity index (χ1) is 8.31. The Balaban J connectivity index is 2.65. The van der Waals surface area contributed by atoms with Gasteiger partial charge in [-0.05, 0) is 38.1 Å². The van der Waals surface area contributed by atoms with Gasteiger partial charge in [0, 0.05) is 0 Å². The van der Waals surface area contributed by atoms with E-state index in [9.17, 15) is 14.0 Å². The van der Waals surface area contributed by atoms with Gasteiger partial charge in [0.05, 0.1) is 6.54 Å². The standard InChI is InChI=1S/C12H15FN2O3/c1-12(2,11(17)15-7-10(14)16)18-9-5-3-8(13)4-6-9/h3-6H,7H2,1-2H3,(H2,14,16)(H,15,17). The third-order valence-electron chi connectivity index (χ3n) is 2.16. The summed E-state index contributed by atoms with van der Waals surface area (Å²) >= 11 is 0. The van der Waals surface area contributed by atoms with E-state index in [2.05, 4.69) is 5.32 Å². The molecule has 0 spiro atoms. The minimum absolute atomic E-state index is 0.255. The molecule has 0 radical (unpaired) electrons. The van der Waals surface area contributed by atoms with Crippen LogP contribution in [0.2, 0.25) is 0 Å². The van der Waals surface area contributed by atoms with Crippen LogP contribution in [0.3, 0.4) is 0 Å². The molecule has 0 bridgehead atoms. The number of carbonyl (C=O) groups excluding carboxylic acids is 2. The molecule has 3 N–H and O–H groups in total. The lowest BCUT2D eigenvalue weighted by Crippen LogP contribution is -2.48. The predicted molar refractivity (Wildman–Crippen MR) is 63.3 cm³/mol. The number of nitrogens with one attached hydrogen (secondary N) is 1. The van der Waals surface area contributed by atoms with Crippen molar-refractivity contribution in [3.8, 4) is 5.75 Å². The molecule has 0 saturated heterocycles. The summed E-state index contributed by atoms with van der Waals surface area (Å²) in [4.78, 5) is 22.3. The van der Waals surface area contributed by atoms with Crippen LogP contribution >= 0.6 is 0 Å². The number of carbonyl (C=O) groups is 2. The molecule has 0 heterocycles. The Bertz CT molecular complexity index is 443. The zero-order valence-electron chi connectivity index (χ0n) is 10.2. The highest BCUT2D eigenvalue weighted by Crippen LogP contribution is 2.18. The molecule has 0 unspecified atom stereocenters. The molecule has 0 aliphatic carbocycles. The van der Waals surface area contributed by atoms with Gasteiger partial charge in [-0.15, -0.1) is 0 Å². The highest BCUT2D eigenvalue weighted by molar-refractivity contribution is 5.88. The van der Waals surface area contributed by atoms with E-state index in [1.54, 1.807) is 0 Å². The van der Waals surface area contributed by atoms with Gasteiger partial charge in [-0.1, -0.05) is 0 Å². The van der Waals surface area contributed by atoms with E-state index >= 15 is 0 Å². The van der Waals surface area contributed by atoms with Crippen molar-refractivity contribution in [2.45, 2.75) is 19.4 Å². The molecule has 0 saturated carbocycles. The second-order valence-corrected chi connectivity index (χ2v) is 4.22. The number of halogens is 1. The van der Waals surface area contributed by atoms with E-state index in [4.69, 9.17) is 10.5 Å². The van der Waals surface area contributed by atoms with Crippen molar-refractivity contribution in [3.05, 3.63) is 30.1 Å². The van der Waals surface area contributed by atoms with Crippen LogP contribution in [0.15, 0.2) is 24.3 Å². The molecule has 1 rings (SSSR count). The molecule has 98 valence electrons. The number of rotatable bonds is 5. The van der Waals surface area contributed by atoms with Crippen molar-refractivity contribution >= 4 is 11.8 Å². The highest BCUT2D eigenvalue weighted by atomic mass is 19.1. The predicted octanol–water partition coefficient (Wildman–Crippen LogP) is 0.585. The van der Waals surface area contributed by atoms with Crippen molar-refractivity contribution in [2.75, 3.05) is 6.54 Å². The quantitative estimate of drug-likeness (QED) is 0.806. The van der Waals surface area contributed by atoms with Gasteiger partial charge in [0.15, 0.2) is 5.60 Å². The second kappa shape index (κ2) is 5.48. The van der Waals surface area contributed by atoms with Gasteiger partial charge in [-0.25, -0.2) is 4.39 Å². The summed E-state index contributed by atoms with van der Waals surface area (Å²) in [5, 5.41) is 2.34. The van der Waals surface area contributed by atoms with Crippen LogP contribution in [0.4, 0.5) is 4.39 Å². The number of primary amides is 1. The van der Waals surface area contributed by atoms with E-state index in [0.29, 0.717) is 5.75 Å². The third kappa shape index (κ3) is 4.04. The Hall–Kier alpha value is -2.11. The van der Waals surface area contributed by atoms with Crippen molar-refractivity contribution in [1.29, 1.82) is 0 Å². The minimum Gasteiger partial charge on any atom is -0.478 e. The SMILES string of the molecule is CC(C)(Oc1ccc(F)cc1)C(=O)NCC(N)=O. The lowest BCUT2D eigenvalue weighted by Gasteiger charge is -2.25. The first-order valence-corrected chi connectivity index (χ1v) is 5.32. The summed E-state index contributed by atoms with van der Waals surface area (Å²) in [5.74, 6) is -1.15. The average molecular weight is 254 g/mol. The fraction of sp³-hybridized carbons (Fsp3) is 0.333. The van der Waals surface area contributed by atoms with Crippen molar-refractivity contribution in [1.82, 2.24) is 5.32 Å². The third-order valence-corrected chi connectivity index (χ3v) is 2.16. The van der Waals surface area contributed by atoms with E-state index in [1.165, 1.54) is 38.1 Å². The van der Waals surface area contributed by atoms with Crippen LogP contribution in [0.25, 0.3) is 0 Å². The first kappa shape index (κ1) is 14.0. The van der Waals surface area contributed by atoms with Gasteiger partial charge >= 0.3 is 0 Å². The maximum atomic E-state index is 12.7. The molecule has 6 heteroatoms. The molecular formula is C12H15FN2O3. The maximum Gasteiger partial charge on any atom is 0.264 e. The smallest absolute Gasteiger partial charge is 0.264 e. The first-order valence-electron chi connectivity index (χ1n) is 5.32. The van der Waals surface area contributed by atoms with Crippen LogP contribution in [0.5, 0.6) is 5.75 Å². The molecular weight excluding hydrogens is 239 g/mol. The van der Waals surface area contributed by atoms with Gasteiger partial charge in [0.2, 0.25) is 5.91 Å². The normalized spacial score (nSPS) is 10.8. The molecule has 0 atom stereocenters. The largest absolute Gasteiger partial charge is 0.478 e. The highest BCUT2D eigenvalue weighted by Gasteiger charge is 2.29. The Morgan fingerprint density at radius 2 is 1.89 bits per heavy atom. The summed E-state index contributed by atoms with van der Waals surface area (Å²) in [7, 11) is 0. The van der Waals surface area contributed by atoms with Crippen LogP contribution in [0, 0.1) is 5.82 Å².